The monoisotopic (exact) mass is 350 g/mol. The molecule has 5 heteroatoms. The molecule has 0 saturated carbocycles. The largest absolute Gasteiger partial charge is 0.362 e. The van der Waals surface area contributed by atoms with E-state index in [1.165, 1.54) is 0 Å². The Balaban J connectivity index is 5.66. The molecule has 19 heavy (non-hydrogen) atoms. The Morgan fingerprint density at radius 2 is 0.842 bits per heavy atom. The van der Waals surface area contributed by atoms with Crippen LogP contribution in [0.1, 0.15) is 67.2 Å². The fourth-order valence-corrected chi connectivity index (χ4v) is 3.81. The molecule has 0 radical (unpaired) electrons. The van der Waals surface area contributed by atoms with E-state index in [0.717, 1.165) is 0 Å². The zero-order valence-electron chi connectivity index (χ0n) is 12.7. The van der Waals surface area contributed by atoms with Gasteiger partial charge >= 0.3 is 0 Å². The zero-order valence-corrected chi connectivity index (χ0v) is 15.8. The quantitative estimate of drug-likeness (QED) is 0.453. The Kier molecular flexibility index (Phi) is 7.33. The van der Waals surface area contributed by atoms with Crippen LogP contribution in [-0.4, -0.2) is 19.9 Å². The highest BCUT2D eigenvalue weighted by Gasteiger charge is 2.54. The standard InChI is InChI=1S/C14H26Cl4O/c1-7-13(8-2,11(5,15)16)19-14(9-3,10-4)12(6,17)18/h7-10H2,1-6H3. The van der Waals surface area contributed by atoms with Gasteiger partial charge in [0, 0.05) is 0 Å². The van der Waals surface area contributed by atoms with Crippen molar-refractivity contribution in [2.45, 2.75) is 87.1 Å². The summed E-state index contributed by atoms with van der Waals surface area (Å²) in [6.07, 6.45) is 2.77. The van der Waals surface area contributed by atoms with E-state index in [2.05, 4.69) is 0 Å². The molecule has 0 aromatic rings. The maximum atomic E-state index is 6.42. The Hall–Kier alpha value is 1.12. The number of ether oxygens (including phenoxy) is 1. The van der Waals surface area contributed by atoms with Crippen molar-refractivity contribution in [2.75, 3.05) is 0 Å². The lowest BCUT2D eigenvalue weighted by Gasteiger charge is -2.50. The normalized spacial score (nSPS) is 14.8. The summed E-state index contributed by atoms with van der Waals surface area (Å²) in [5, 5.41) is 0. The third kappa shape index (κ3) is 4.07. The number of hydrogen-bond acceptors (Lipinski definition) is 1. The van der Waals surface area contributed by atoms with E-state index >= 15 is 0 Å². The van der Waals surface area contributed by atoms with Crippen LogP contribution < -0.4 is 0 Å². The molecule has 0 aromatic carbocycles. The van der Waals surface area contributed by atoms with Crippen LogP contribution in [0.4, 0.5) is 0 Å². The topological polar surface area (TPSA) is 9.23 Å². The van der Waals surface area contributed by atoms with Crippen LogP contribution in [0, 0.1) is 0 Å². The summed E-state index contributed by atoms with van der Waals surface area (Å²) in [5.74, 6) is 0. The van der Waals surface area contributed by atoms with Gasteiger partial charge in [-0.25, -0.2) is 0 Å². The van der Waals surface area contributed by atoms with Crippen LogP contribution in [0.3, 0.4) is 0 Å². The Morgan fingerprint density at radius 3 is 0.947 bits per heavy atom. The molecule has 1 nitrogen and oxygen atoms in total. The summed E-state index contributed by atoms with van der Waals surface area (Å²) in [4.78, 5) is 0. The molecule has 0 saturated heterocycles. The van der Waals surface area contributed by atoms with Crippen molar-refractivity contribution in [3.05, 3.63) is 0 Å². The lowest BCUT2D eigenvalue weighted by Crippen LogP contribution is -2.57. The second-order valence-electron chi connectivity index (χ2n) is 5.28. The molecule has 0 bridgehead atoms. The van der Waals surface area contributed by atoms with E-state index in [-0.39, 0.29) is 0 Å². The predicted octanol–water partition coefficient (Wildman–Crippen LogP) is 6.51. The van der Waals surface area contributed by atoms with E-state index in [4.69, 9.17) is 51.1 Å². The third-order valence-electron chi connectivity index (χ3n) is 4.28. The van der Waals surface area contributed by atoms with Crippen LogP contribution >= 0.6 is 46.4 Å². The summed E-state index contributed by atoms with van der Waals surface area (Å²) in [6.45, 7) is 11.6. The number of alkyl halides is 4. The minimum atomic E-state index is -1.01. The molecule has 0 atom stereocenters. The molecule has 0 heterocycles. The number of halogens is 4. The summed E-state index contributed by atoms with van der Waals surface area (Å²) in [6, 6.07) is 0. The van der Waals surface area contributed by atoms with Gasteiger partial charge in [0.1, 0.15) is 19.9 Å². The predicted molar refractivity (Wildman–Crippen MR) is 87.9 cm³/mol. The molecule has 116 valence electrons. The Morgan fingerprint density at radius 1 is 0.632 bits per heavy atom. The SMILES string of the molecule is CCC(CC)(OC(CC)(CC)C(C)(Cl)Cl)C(C)(Cl)Cl. The highest BCUT2D eigenvalue weighted by atomic mass is 35.5. The van der Waals surface area contributed by atoms with Crippen molar-refractivity contribution in [3.8, 4) is 0 Å². The molecular formula is C14H26Cl4O. The van der Waals surface area contributed by atoms with Gasteiger partial charge in [-0.2, -0.15) is 0 Å². The molecular weight excluding hydrogens is 326 g/mol. The van der Waals surface area contributed by atoms with Gasteiger partial charge in [0.05, 0.1) is 0 Å². The minimum absolute atomic E-state index is 0.673. The molecule has 0 aliphatic heterocycles. The van der Waals surface area contributed by atoms with Crippen molar-refractivity contribution in [2.24, 2.45) is 0 Å². The molecule has 0 amide bonds. The molecule has 0 fully saturated rings. The van der Waals surface area contributed by atoms with Crippen molar-refractivity contribution in [1.82, 2.24) is 0 Å². The van der Waals surface area contributed by atoms with E-state index in [1.54, 1.807) is 13.8 Å². The maximum absolute atomic E-state index is 6.42. The Labute approximate surface area is 138 Å². The fraction of sp³-hybridized carbons (Fsp3) is 1.00. The van der Waals surface area contributed by atoms with Gasteiger partial charge in [0.25, 0.3) is 0 Å². The van der Waals surface area contributed by atoms with Crippen LogP contribution in [0.15, 0.2) is 0 Å². The number of hydrogen-bond donors (Lipinski definition) is 0. The summed E-state index contributed by atoms with van der Waals surface area (Å²) in [5.41, 5.74) is -1.35. The summed E-state index contributed by atoms with van der Waals surface area (Å²) >= 11 is 25.5. The first-order valence-electron chi connectivity index (χ1n) is 6.91. The average molecular weight is 352 g/mol. The molecule has 0 unspecified atom stereocenters. The van der Waals surface area contributed by atoms with Gasteiger partial charge in [0.15, 0.2) is 0 Å². The van der Waals surface area contributed by atoms with Gasteiger partial charge < -0.3 is 4.74 Å². The van der Waals surface area contributed by atoms with E-state index < -0.39 is 19.9 Å². The number of rotatable bonds is 8. The maximum Gasteiger partial charge on any atom is 0.144 e. The highest BCUT2D eigenvalue weighted by Crippen LogP contribution is 2.50. The van der Waals surface area contributed by atoms with Crippen molar-refractivity contribution in [1.29, 1.82) is 0 Å². The molecule has 0 aromatic heterocycles. The molecule has 0 aliphatic carbocycles. The smallest absolute Gasteiger partial charge is 0.144 e. The van der Waals surface area contributed by atoms with Gasteiger partial charge in [-0.15, -0.1) is 0 Å². The second-order valence-corrected chi connectivity index (χ2v) is 8.69. The van der Waals surface area contributed by atoms with Crippen molar-refractivity contribution in [3.63, 3.8) is 0 Å². The van der Waals surface area contributed by atoms with Gasteiger partial charge in [-0.3, -0.25) is 0 Å². The molecule has 0 rings (SSSR count). The third-order valence-corrected chi connectivity index (χ3v) is 5.65. The average Bonchev–Trinajstić information content (AvgIpc) is 2.28. The first-order valence-corrected chi connectivity index (χ1v) is 8.42. The van der Waals surface area contributed by atoms with Gasteiger partial charge in [-0.05, 0) is 39.5 Å². The zero-order chi connectivity index (χ0) is 15.5. The second kappa shape index (κ2) is 6.92. The van der Waals surface area contributed by atoms with Crippen molar-refractivity contribution >= 4 is 46.4 Å². The van der Waals surface area contributed by atoms with Crippen LogP contribution in [0.2, 0.25) is 0 Å². The van der Waals surface area contributed by atoms with Crippen LogP contribution in [-0.2, 0) is 4.74 Å². The molecule has 0 aliphatic rings. The van der Waals surface area contributed by atoms with Crippen LogP contribution in [0.5, 0.6) is 0 Å². The highest BCUT2D eigenvalue weighted by molar-refractivity contribution is 6.49. The van der Waals surface area contributed by atoms with E-state index in [9.17, 15) is 0 Å². The van der Waals surface area contributed by atoms with Crippen LogP contribution in [0.25, 0.3) is 0 Å². The summed E-state index contributed by atoms with van der Waals surface area (Å²) < 4.78 is 4.41. The van der Waals surface area contributed by atoms with Gasteiger partial charge in [-0.1, -0.05) is 74.1 Å². The lowest BCUT2D eigenvalue weighted by molar-refractivity contribution is -0.175. The van der Waals surface area contributed by atoms with E-state index in [1.807, 2.05) is 27.7 Å². The molecule has 0 spiro atoms. The first-order chi connectivity index (χ1) is 8.45. The van der Waals surface area contributed by atoms with Crippen molar-refractivity contribution < 1.29 is 4.74 Å². The minimum Gasteiger partial charge on any atom is -0.362 e. The van der Waals surface area contributed by atoms with Gasteiger partial charge in [0.2, 0.25) is 0 Å². The Bertz CT molecular complexity index is 242. The van der Waals surface area contributed by atoms with E-state index in [0.29, 0.717) is 25.7 Å². The summed E-state index contributed by atoms with van der Waals surface area (Å²) in [7, 11) is 0. The molecule has 0 N–H and O–H groups in total. The first kappa shape index (κ1) is 20.1. The lowest BCUT2D eigenvalue weighted by atomic mass is 9.87. The fourth-order valence-electron chi connectivity index (χ4n) is 2.58.